The van der Waals surface area contributed by atoms with Gasteiger partial charge in [0.15, 0.2) is 0 Å². The average molecular weight is 222 g/mol. The molecular weight excluding hydrogens is 209 g/mol. The van der Waals surface area contributed by atoms with Crippen LogP contribution in [0.3, 0.4) is 0 Å². The molecule has 0 aliphatic carbocycles. The minimum absolute atomic E-state index is 0.0699. The Morgan fingerprint density at radius 1 is 1.53 bits per heavy atom. The highest BCUT2D eigenvalue weighted by molar-refractivity contribution is 5.07. The van der Waals surface area contributed by atoms with Gasteiger partial charge < -0.3 is 5.11 Å². The highest BCUT2D eigenvalue weighted by atomic mass is 19.4. The second kappa shape index (κ2) is 4.65. The van der Waals surface area contributed by atoms with E-state index in [4.69, 9.17) is 0 Å². The quantitative estimate of drug-likeness (QED) is 0.847. The first-order valence-electron chi connectivity index (χ1n) is 4.62. The van der Waals surface area contributed by atoms with Gasteiger partial charge in [0.2, 0.25) is 0 Å². The van der Waals surface area contributed by atoms with E-state index in [9.17, 15) is 18.3 Å². The predicted octanol–water partition coefficient (Wildman–Crippen LogP) is 2.19. The molecule has 86 valence electrons. The molecule has 0 aliphatic heterocycles. The number of alkyl halides is 3. The molecule has 1 aromatic rings. The molecule has 1 atom stereocenters. The summed E-state index contributed by atoms with van der Waals surface area (Å²) < 4.78 is 36.9. The van der Waals surface area contributed by atoms with Crippen molar-refractivity contribution in [1.82, 2.24) is 9.78 Å². The molecule has 1 unspecified atom stereocenters. The second-order valence-corrected chi connectivity index (χ2v) is 3.47. The lowest BCUT2D eigenvalue weighted by Gasteiger charge is -2.09. The molecule has 1 aromatic heterocycles. The monoisotopic (exact) mass is 222 g/mol. The first-order valence-corrected chi connectivity index (χ1v) is 4.62. The van der Waals surface area contributed by atoms with Crippen molar-refractivity contribution in [2.75, 3.05) is 0 Å². The number of halogens is 3. The number of rotatable bonds is 4. The number of aliphatic hydroxyl groups is 1. The van der Waals surface area contributed by atoms with Crippen LogP contribution in [0.1, 0.15) is 30.9 Å². The Bertz CT molecular complexity index is 309. The summed E-state index contributed by atoms with van der Waals surface area (Å²) in [5.74, 6) is 0. The number of hydrogen-bond donors (Lipinski definition) is 1. The highest BCUT2D eigenvalue weighted by Gasteiger charge is 2.26. The topological polar surface area (TPSA) is 38.0 Å². The van der Waals surface area contributed by atoms with Gasteiger partial charge in [0, 0.05) is 25.2 Å². The largest absolute Gasteiger partial charge is 0.389 e. The third-order valence-electron chi connectivity index (χ3n) is 2.05. The van der Waals surface area contributed by atoms with Crippen molar-refractivity contribution in [3.63, 3.8) is 0 Å². The standard InChI is InChI=1S/C9H13F3N2O/c1-14-6-7(5-13-14)8(15)3-2-4-9(10,11)12/h5-6,8,15H,2-4H2,1H3. The third-order valence-corrected chi connectivity index (χ3v) is 2.05. The number of hydrogen-bond acceptors (Lipinski definition) is 2. The molecule has 1 N–H and O–H groups in total. The maximum absolute atomic E-state index is 11.8. The molecule has 1 rings (SSSR count). The van der Waals surface area contributed by atoms with E-state index in [-0.39, 0.29) is 12.8 Å². The molecule has 0 spiro atoms. The van der Waals surface area contributed by atoms with Crippen LogP contribution in [0.15, 0.2) is 12.4 Å². The molecule has 15 heavy (non-hydrogen) atoms. The summed E-state index contributed by atoms with van der Waals surface area (Å²) >= 11 is 0. The van der Waals surface area contributed by atoms with E-state index in [0.29, 0.717) is 5.56 Å². The van der Waals surface area contributed by atoms with Crippen molar-refractivity contribution in [3.05, 3.63) is 18.0 Å². The average Bonchev–Trinajstić information content (AvgIpc) is 2.49. The van der Waals surface area contributed by atoms with E-state index in [2.05, 4.69) is 5.10 Å². The van der Waals surface area contributed by atoms with Gasteiger partial charge >= 0.3 is 6.18 Å². The van der Waals surface area contributed by atoms with Crippen LogP contribution in [0.5, 0.6) is 0 Å². The Balaban J connectivity index is 2.34. The van der Waals surface area contributed by atoms with Crippen LogP contribution in [-0.4, -0.2) is 21.1 Å². The van der Waals surface area contributed by atoms with Crippen LogP contribution in [0.2, 0.25) is 0 Å². The first kappa shape index (κ1) is 12.0. The lowest BCUT2D eigenvalue weighted by Crippen LogP contribution is -2.07. The zero-order valence-electron chi connectivity index (χ0n) is 8.33. The van der Waals surface area contributed by atoms with Gasteiger partial charge in [0.1, 0.15) is 0 Å². The molecule has 0 saturated carbocycles. The summed E-state index contributed by atoms with van der Waals surface area (Å²) in [6.45, 7) is 0. The van der Waals surface area contributed by atoms with E-state index in [1.54, 1.807) is 13.2 Å². The Kier molecular flexibility index (Phi) is 3.73. The van der Waals surface area contributed by atoms with Crippen molar-refractivity contribution in [2.24, 2.45) is 7.05 Å². The molecule has 0 amide bonds. The van der Waals surface area contributed by atoms with Crippen molar-refractivity contribution >= 4 is 0 Å². The lowest BCUT2D eigenvalue weighted by atomic mass is 10.1. The maximum Gasteiger partial charge on any atom is 0.389 e. The van der Waals surface area contributed by atoms with Crippen LogP contribution in [0.4, 0.5) is 13.2 Å². The zero-order chi connectivity index (χ0) is 11.5. The summed E-state index contributed by atoms with van der Waals surface area (Å²) in [5.41, 5.74) is 0.555. The van der Waals surface area contributed by atoms with Gasteiger partial charge in [-0.05, 0) is 12.8 Å². The maximum atomic E-state index is 11.8. The van der Waals surface area contributed by atoms with Crippen LogP contribution < -0.4 is 0 Å². The van der Waals surface area contributed by atoms with E-state index in [1.807, 2.05) is 0 Å². The Morgan fingerprint density at radius 2 is 2.20 bits per heavy atom. The predicted molar refractivity (Wildman–Crippen MR) is 48.1 cm³/mol. The van der Waals surface area contributed by atoms with E-state index >= 15 is 0 Å². The Hall–Kier alpha value is -1.04. The SMILES string of the molecule is Cn1cc(C(O)CCCC(F)(F)F)cn1. The zero-order valence-corrected chi connectivity index (χ0v) is 8.33. The number of aryl methyl sites for hydroxylation is 1. The van der Waals surface area contributed by atoms with Crippen LogP contribution in [0.25, 0.3) is 0 Å². The lowest BCUT2D eigenvalue weighted by molar-refractivity contribution is -0.136. The fraction of sp³-hybridized carbons (Fsp3) is 0.667. The molecule has 6 heteroatoms. The first-order chi connectivity index (χ1) is 6.88. The summed E-state index contributed by atoms with van der Waals surface area (Å²) in [7, 11) is 1.69. The second-order valence-electron chi connectivity index (χ2n) is 3.47. The van der Waals surface area contributed by atoms with Crippen LogP contribution >= 0.6 is 0 Å². The van der Waals surface area contributed by atoms with E-state index < -0.39 is 18.7 Å². The number of aromatic nitrogens is 2. The fourth-order valence-corrected chi connectivity index (χ4v) is 1.27. The summed E-state index contributed by atoms with van der Waals surface area (Å²) in [4.78, 5) is 0. The number of aliphatic hydroxyl groups excluding tert-OH is 1. The van der Waals surface area contributed by atoms with Crippen LogP contribution in [-0.2, 0) is 7.05 Å². The van der Waals surface area contributed by atoms with Gasteiger partial charge in [0.05, 0.1) is 12.3 Å². The van der Waals surface area contributed by atoms with Gasteiger partial charge in [-0.1, -0.05) is 0 Å². The molecule has 0 bridgehead atoms. The van der Waals surface area contributed by atoms with Gasteiger partial charge in [-0.15, -0.1) is 0 Å². The Labute approximate surface area is 85.5 Å². The van der Waals surface area contributed by atoms with Crippen molar-refractivity contribution < 1.29 is 18.3 Å². The minimum atomic E-state index is -4.14. The normalized spacial score (nSPS) is 14.2. The van der Waals surface area contributed by atoms with E-state index in [0.717, 1.165) is 0 Å². The van der Waals surface area contributed by atoms with E-state index in [1.165, 1.54) is 10.9 Å². The van der Waals surface area contributed by atoms with Gasteiger partial charge in [-0.2, -0.15) is 18.3 Å². The van der Waals surface area contributed by atoms with Crippen molar-refractivity contribution in [3.8, 4) is 0 Å². The number of nitrogens with zero attached hydrogens (tertiary/aromatic N) is 2. The minimum Gasteiger partial charge on any atom is -0.388 e. The molecule has 0 aromatic carbocycles. The van der Waals surface area contributed by atoms with Crippen molar-refractivity contribution in [2.45, 2.75) is 31.5 Å². The van der Waals surface area contributed by atoms with Gasteiger partial charge in [-0.25, -0.2) is 0 Å². The summed E-state index contributed by atoms with van der Waals surface area (Å²) in [6.07, 6.45) is -2.78. The molecule has 1 heterocycles. The molecular formula is C9H13F3N2O. The fourth-order valence-electron chi connectivity index (χ4n) is 1.27. The summed E-state index contributed by atoms with van der Waals surface area (Å²) in [5, 5.41) is 13.3. The third kappa shape index (κ3) is 4.33. The summed E-state index contributed by atoms with van der Waals surface area (Å²) in [6, 6.07) is 0. The molecule has 0 radical (unpaired) electrons. The Morgan fingerprint density at radius 3 is 2.67 bits per heavy atom. The molecule has 3 nitrogen and oxygen atoms in total. The molecule has 0 saturated heterocycles. The van der Waals surface area contributed by atoms with Gasteiger partial charge in [-0.3, -0.25) is 4.68 Å². The molecule has 0 aliphatic rings. The highest BCUT2D eigenvalue weighted by Crippen LogP contribution is 2.25. The van der Waals surface area contributed by atoms with Gasteiger partial charge in [0.25, 0.3) is 0 Å². The van der Waals surface area contributed by atoms with Crippen molar-refractivity contribution in [1.29, 1.82) is 0 Å². The smallest absolute Gasteiger partial charge is 0.388 e. The van der Waals surface area contributed by atoms with Crippen LogP contribution in [0, 0.1) is 0 Å². The molecule has 0 fully saturated rings.